The maximum absolute atomic E-state index is 5.89. The highest BCUT2D eigenvalue weighted by Crippen LogP contribution is 2.27. The second-order valence-electron chi connectivity index (χ2n) is 4.72. The molecule has 0 saturated heterocycles. The Hall–Kier alpha value is -2.20. The summed E-state index contributed by atoms with van der Waals surface area (Å²) in [6.07, 6.45) is 3.69. The van der Waals surface area contributed by atoms with Gasteiger partial charge in [-0.15, -0.1) is 0 Å². The van der Waals surface area contributed by atoms with Gasteiger partial charge in [-0.2, -0.15) is 0 Å². The first-order chi connectivity index (χ1) is 9.20. The smallest absolute Gasteiger partial charge is 0.234 e. The lowest BCUT2D eigenvalue weighted by atomic mass is 10.0. The van der Waals surface area contributed by atoms with E-state index < -0.39 is 0 Å². The zero-order chi connectivity index (χ0) is 13.4. The topological polar surface area (TPSA) is 56.2 Å². The molecule has 0 atom stereocenters. The third-order valence-corrected chi connectivity index (χ3v) is 3.33. The van der Waals surface area contributed by atoms with Gasteiger partial charge in [-0.25, -0.2) is 9.97 Å². The molecule has 1 aromatic carbocycles. The zero-order valence-electron chi connectivity index (χ0n) is 11.1. The number of benzene rings is 1. The fourth-order valence-electron chi connectivity index (χ4n) is 2.43. The predicted octanol–water partition coefficient (Wildman–Crippen LogP) is 2.47. The van der Waals surface area contributed by atoms with Crippen LogP contribution in [0, 0.1) is 13.8 Å². The fourth-order valence-corrected chi connectivity index (χ4v) is 2.43. The van der Waals surface area contributed by atoms with Crippen LogP contribution >= 0.6 is 0 Å². The van der Waals surface area contributed by atoms with Crippen LogP contribution < -0.4 is 5.73 Å². The summed E-state index contributed by atoms with van der Waals surface area (Å²) in [5.41, 5.74) is 11.4. The summed E-state index contributed by atoms with van der Waals surface area (Å²) in [5, 5.41) is 0. The van der Waals surface area contributed by atoms with Crippen LogP contribution in [-0.4, -0.2) is 14.4 Å². The second-order valence-corrected chi connectivity index (χ2v) is 4.72. The molecule has 3 rings (SSSR count). The molecule has 0 spiro atoms. The number of rotatable bonds is 2. The minimum Gasteiger partial charge on any atom is -0.325 e. The summed E-state index contributed by atoms with van der Waals surface area (Å²) in [4.78, 5) is 8.90. The van der Waals surface area contributed by atoms with Crippen molar-refractivity contribution in [1.29, 1.82) is 0 Å². The lowest BCUT2D eigenvalue weighted by molar-refractivity contribution is 0.949. The van der Waals surface area contributed by atoms with Gasteiger partial charge in [0.1, 0.15) is 0 Å². The Morgan fingerprint density at radius 1 is 1.26 bits per heavy atom. The van der Waals surface area contributed by atoms with E-state index in [-0.39, 0.29) is 0 Å². The summed E-state index contributed by atoms with van der Waals surface area (Å²) in [5.74, 6) is 0.693. The minimum atomic E-state index is 0.440. The van der Waals surface area contributed by atoms with E-state index in [9.17, 15) is 0 Å². The van der Waals surface area contributed by atoms with Crippen molar-refractivity contribution in [2.45, 2.75) is 20.4 Å². The van der Waals surface area contributed by atoms with Crippen molar-refractivity contribution in [3.8, 4) is 11.3 Å². The number of fused-ring (bicyclic) bond motifs is 1. The van der Waals surface area contributed by atoms with Crippen LogP contribution in [0.25, 0.3) is 17.0 Å². The van der Waals surface area contributed by atoms with Crippen LogP contribution in [0.1, 0.15) is 16.8 Å². The van der Waals surface area contributed by atoms with Crippen LogP contribution in [0.5, 0.6) is 0 Å². The molecule has 2 N–H and O–H groups in total. The number of nitrogens with two attached hydrogens (primary N) is 1. The van der Waals surface area contributed by atoms with E-state index in [0.717, 1.165) is 17.0 Å². The molecular weight excluding hydrogens is 236 g/mol. The molecule has 2 aromatic heterocycles. The van der Waals surface area contributed by atoms with Gasteiger partial charge in [-0.3, -0.25) is 4.40 Å². The van der Waals surface area contributed by atoms with Crippen LogP contribution in [0.15, 0.2) is 36.7 Å². The van der Waals surface area contributed by atoms with Gasteiger partial charge >= 0.3 is 0 Å². The van der Waals surface area contributed by atoms with Crippen molar-refractivity contribution < 1.29 is 0 Å². The molecule has 0 amide bonds. The molecule has 0 aliphatic heterocycles. The first-order valence-electron chi connectivity index (χ1n) is 6.30. The number of nitrogens with zero attached hydrogens (tertiary/aromatic N) is 3. The normalized spacial score (nSPS) is 11.1. The van der Waals surface area contributed by atoms with Gasteiger partial charge in [0.2, 0.25) is 5.78 Å². The molecule has 0 radical (unpaired) electrons. The standard InChI is InChI=1S/C15H16N4/c1-10-4-5-12(11(2)8-10)14-13(9-16)19-7-3-6-17-15(19)18-14/h3-8H,9,16H2,1-2H3. The number of imidazole rings is 1. The van der Waals surface area contributed by atoms with Crippen molar-refractivity contribution in [3.63, 3.8) is 0 Å². The molecule has 0 aliphatic rings. The molecule has 19 heavy (non-hydrogen) atoms. The van der Waals surface area contributed by atoms with Crippen molar-refractivity contribution in [2.24, 2.45) is 5.73 Å². The number of hydrogen-bond acceptors (Lipinski definition) is 3. The average molecular weight is 252 g/mol. The van der Waals surface area contributed by atoms with E-state index in [1.807, 2.05) is 16.7 Å². The quantitative estimate of drug-likeness (QED) is 0.762. The second kappa shape index (κ2) is 4.48. The Kier molecular flexibility index (Phi) is 2.80. The maximum atomic E-state index is 5.89. The molecule has 4 nitrogen and oxygen atoms in total. The van der Waals surface area contributed by atoms with Crippen LogP contribution in [0.3, 0.4) is 0 Å². The van der Waals surface area contributed by atoms with Crippen LogP contribution in [0.4, 0.5) is 0 Å². The first-order valence-corrected chi connectivity index (χ1v) is 6.30. The third kappa shape index (κ3) is 1.90. The number of hydrogen-bond donors (Lipinski definition) is 1. The molecule has 4 heteroatoms. The number of aromatic nitrogens is 3. The average Bonchev–Trinajstić information content (AvgIpc) is 2.76. The SMILES string of the molecule is Cc1ccc(-c2nc3ncccn3c2CN)c(C)c1. The lowest BCUT2D eigenvalue weighted by Crippen LogP contribution is -2.03. The number of aryl methyl sites for hydroxylation is 2. The summed E-state index contributed by atoms with van der Waals surface area (Å²) < 4.78 is 1.95. The lowest BCUT2D eigenvalue weighted by Gasteiger charge is -2.06. The Morgan fingerprint density at radius 2 is 2.11 bits per heavy atom. The minimum absolute atomic E-state index is 0.440. The van der Waals surface area contributed by atoms with Gasteiger partial charge in [0.05, 0.1) is 11.4 Å². The molecule has 96 valence electrons. The highest BCUT2D eigenvalue weighted by atomic mass is 15.1. The molecule has 0 fully saturated rings. The molecule has 0 bridgehead atoms. The summed E-state index contributed by atoms with van der Waals surface area (Å²) in [7, 11) is 0. The van der Waals surface area contributed by atoms with Gasteiger partial charge in [-0.05, 0) is 25.5 Å². The molecule has 0 aliphatic carbocycles. The Balaban J connectivity index is 2.30. The predicted molar refractivity (Wildman–Crippen MR) is 75.8 cm³/mol. The molecule has 0 saturated carbocycles. The van der Waals surface area contributed by atoms with E-state index in [4.69, 9.17) is 5.73 Å². The highest BCUT2D eigenvalue weighted by molar-refractivity contribution is 5.69. The monoisotopic (exact) mass is 252 g/mol. The molecule has 3 aromatic rings. The Bertz CT molecular complexity index is 743. The summed E-state index contributed by atoms with van der Waals surface area (Å²) in [6, 6.07) is 8.25. The maximum Gasteiger partial charge on any atom is 0.234 e. The van der Waals surface area contributed by atoms with Gasteiger partial charge in [0.25, 0.3) is 0 Å². The zero-order valence-corrected chi connectivity index (χ0v) is 11.1. The first kappa shape index (κ1) is 11.9. The molecule has 0 unspecified atom stereocenters. The third-order valence-electron chi connectivity index (χ3n) is 3.33. The van der Waals surface area contributed by atoms with Gasteiger partial charge in [-0.1, -0.05) is 23.8 Å². The van der Waals surface area contributed by atoms with Crippen molar-refractivity contribution in [2.75, 3.05) is 0 Å². The van der Waals surface area contributed by atoms with Crippen LogP contribution in [0.2, 0.25) is 0 Å². The van der Waals surface area contributed by atoms with Crippen LogP contribution in [-0.2, 0) is 6.54 Å². The van der Waals surface area contributed by atoms with Gasteiger partial charge in [0, 0.05) is 24.5 Å². The largest absolute Gasteiger partial charge is 0.325 e. The Labute approximate surface area is 111 Å². The molecular formula is C15H16N4. The summed E-state index contributed by atoms with van der Waals surface area (Å²) in [6.45, 7) is 4.63. The van der Waals surface area contributed by atoms with Crippen molar-refractivity contribution >= 4 is 5.78 Å². The highest BCUT2D eigenvalue weighted by Gasteiger charge is 2.14. The van der Waals surface area contributed by atoms with Gasteiger partial charge in [0.15, 0.2) is 0 Å². The van der Waals surface area contributed by atoms with E-state index >= 15 is 0 Å². The van der Waals surface area contributed by atoms with E-state index in [1.165, 1.54) is 11.1 Å². The Morgan fingerprint density at radius 3 is 2.84 bits per heavy atom. The van der Waals surface area contributed by atoms with Gasteiger partial charge < -0.3 is 5.73 Å². The van der Waals surface area contributed by atoms with Crippen molar-refractivity contribution in [1.82, 2.24) is 14.4 Å². The van der Waals surface area contributed by atoms with Crippen molar-refractivity contribution in [3.05, 3.63) is 53.5 Å². The summed E-state index contributed by atoms with van der Waals surface area (Å²) >= 11 is 0. The van der Waals surface area contributed by atoms with E-state index in [2.05, 4.69) is 42.0 Å². The molecule has 2 heterocycles. The fraction of sp³-hybridized carbons (Fsp3) is 0.200. The van der Waals surface area contributed by atoms with E-state index in [0.29, 0.717) is 12.3 Å². The van der Waals surface area contributed by atoms with E-state index in [1.54, 1.807) is 6.20 Å².